The van der Waals surface area contributed by atoms with Crippen molar-refractivity contribution in [2.75, 3.05) is 18.6 Å². The minimum absolute atomic E-state index is 0.159. The molecule has 23 heavy (non-hydrogen) atoms. The van der Waals surface area contributed by atoms with E-state index in [1.807, 2.05) is 6.92 Å². The Morgan fingerprint density at radius 1 is 1.48 bits per heavy atom. The highest BCUT2D eigenvalue weighted by Gasteiger charge is 2.53. The van der Waals surface area contributed by atoms with E-state index in [1.54, 1.807) is 6.07 Å². The van der Waals surface area contributed by atoms with Crippen LogP contribution in [0.15, 0.2) is 30.4 Å². The normalized spacial score (nSPS) is 19.4. The van der Waals surface area contributed by atoms with Crippen LogP contribution in [0.1, 0.15) is 35.7 Å². The predicted molar refractivity (Wildman–Crippen MR) is 84.1 cm³/mol. The van der Waals surface area contributed by atoms with Crippen LogP contribution in [0.3, 0.4) is 0 Å². The summed E-state index contributed by atoms with van der Waals surface area (Å²) in [6, 6.07) is 4.46. The van der Waals surface area contributed by atoms with Crippen LogP contribution in [0.4, 0.5) is 5.69 Å². The van der Waals surface area contributed by atoms with Crippen LogP contribution in [-0.2, 0) is 19.9 Å². The average Bonchev–Trinajstić information content (AvgIpc) is 2.76. The number of benzene rings is 1. The van der Waals surface area contributed by atoms with Crippen LogP contribution in [-0.4, -0.2) is 36.9 Å². The Morgan fingerprint density at radius 2 is 2.17 bits per heavy atom. The summed E-state index contributed by atoms with van der Waals surface area (Å²) in [7, 11) is 1.48. The molecule has 0 bridgehead atoms. The lowest BCUT2D eigenvalue weighted by molar-refractivity contribution is -0.146. The summed E-state index contributed by atoms with van der Waals surface area (Å²) in [5.41, 5.74) is -1.70. The molecule has 1 amide bonds. The number of hydrogen-bond donors (Lipinski definition) is 1. The minimum atomic E-state index is -2.22. The molecule has 6 nitrogen and oxygen atoms in total. The molecule has 2 rings (SSSR count). The number of hydrogen-bond acceptors (Lipinski definition) is 5. The van der Waals surface area contributed by atoms with Gasteiger partial charge in [0.25, 0.3) is 5.91 Å². The number of carbonyl (C=O) groups excluding carboxylic acids is 3. The Morgan fingerprint density at radius 3 is 2.78 bits per heavy atom. The number of amides is 1. The first-order valence-corrected chi connectivity index (χ1v) is 7.34. The SMILES string of the molecule is C=C(C(=O)OCCCC)C1(O)C(=O)N(C)c2ccc(C=O)cc21. The molecule has 0 radical (unpaired) electrons. The number of fused-ring (bicyclic) bond motifs is 1. The van der Waals surface area contributed by atoms with E-state index in [0.29, 0.717) is 18.4 Å². The third-order valence-corrected chi connectivity index (χ3v) is 3.94. The zero-order valence-corrected chi connectivity index (χ0v) is 13.2. The number of rotatable bonds is 6. The van der Waals surface area contributed by atoms with E-state index in [1.165, 1.54) is 24.1 Å². The zero-order valence-electron chi connectivity index (χ0n) is 13.2. The van der Waals surface area contributed by atoms with E-state index >= 15 is 0 Å². The highest BCUT2D eigenvalue weighted by molar-refractivity contribution is 6.13. The molecule has 0 aromatic heterocycles. The van der Waals surface area contributed by atoms with Gasteiger partial charge in [-0.1, -0.05) is 19.9 Å². The molecule has 0 aliphatic carbocycles. The molecule has 1 aliphatic rings. The number of aliphatic hydroxyl groups is 1. The first-order chi connectivity index (χ1) is 10.9. The number of ether oxygens (including phenoxy) is 1. The molecule has 1 aromatic carbocycles. The number of nitrogens with zero attached hydrogens (tertiary/aromatic N) is 1. The summed E-state index contributed by atoms with van der Waals surface area (Å²) in [5.74, 6) is -1.53. The van der Waals surface area contributed by atoms with Crippen LogP contribution < -0.4 is 4.90 Å². The molecule has 6 heteroatoms. The standard InChI is InChI=1S/C17H19NO5/c1-4-5-8-23-15(20)11(2)17(22)13-9-12(10-19)6-7-14(13)18(3)16(17)21/h6-7,9-10,22H,2,4-5,8H2,1,3H3. The van der Waals surface area contributed by atoms with Crippen molar-refractivity contribution in [3.8, 4) is 0 Å². The molecule has 0 saturated heterocycles. The van der Waals surface area contributed by atoms with Crippen molar-refractivity contribution < 1.29 is 24.2 Å². The van der Waals surface area contributed by atoms with Gasteiger partial charge in [0.2, 0.25) is 5.60 Å². The summed E-state index contributed by atoms with van der Waals surface area (Å²) in [6.07, 6.45) is 2.13. The Kier molecular flexibility index (Phi) is 4.65. The van der Waals surface area contributed by atoms with Gasteiger partial charge in [-0.05, 0) is 24.6 Å². The van der Waals surface area contributed by atoms with Gasteiger partial charge in [0, 0.05) is 18.2 Å². The first kappa shape index (κ1) is 16.9. The molecule has 1 aromatic rings. The van der Waals surface area contributed by atoms with Crippen molar-refractivity contribution in [3.63, 3.8) is 0 Å². The Bertz CT molecular complexity index is 682. The van der Waals surface area contributed by atoms with Crippen molar-refractivity contribution in [3.05, 3.63) is 41.5 Å². The van der Waals surface area contributed by atoms with E-state index < -0.39 is 17.5 Å². The van der Waals surface area contributed by atoms with Gasteiger partial charge in [0.1, 0.15) is 6.29 Å². The first-order valence-electron chi connectivity index (χ1n) is 7.34. The van der Waals surface area contributed by atoms with E-state index in [9.17, 15) is 19.5 Å². The molecule has 1 atom stereocenters. The fourth-order valence-corrected chi connectivity index (χ4v) is 2.51. The second kappa shape index (κ2) is 6.34. The quantitative estimate of drug-likeness (QED) is 0.372. The minimum Gasteiger partial charge on any atom is -0.462 e. The van der Waals surface area contributed by atoms with Crippen LogP contribution >= 0.6 is 0 Å². The van der Waals surface area contributed by atoms with Gasteiger partial charge in [-0.25, -0.2) is 4.79 Å². The second-order valence-corrected chi connectivity index (χ2v) is 5.44. The largest absolute Gasteiger partial charge is 0.462 e. The van der Waals surface area contributed by atoms with E-state index in [0.717, 1.165) is 6.42 Å². The van der Waals surface area contributed by atoms with E-state index in [2.05, 4.69) is 6.58 Å². The lowest BCUT2D eigenvalue weighted by Gasteiger charge is -2.23. The van der Waals surface area contributed by atoms with Gasteiger partial charge >= 0.3 is 5.97 Å². The summed E-state index contributed by atoms with van der Waals surface area (Å²) in [6.45, 7) is 5.70. The molecule has 1 unspecified atom stereocenters. The van der Waals surface area contributed by atoms with Crippen molar-refractivity contribution in [2.45, 2.75) is 25.4 Å². The number of aldehydes is 1. The smallest absolute Gasteiger partial charge is 0.337 e. The van der Waals surface area contributed by atoms with Crippen LogP contribution in [0.5, 0.6) is 0 Å². The fraction of sp³-hybridized carbons (Fsp3) is 0.353. The molecule has 122 valence electrons. The maximum atomic E-state index is 12.5. The Balaban J connectivity index is 2.41. The van der Waals surface area contributed by atoms with Gasteiger partial charge < -0.3 is 14.7 Å². The number of likely N-dealkylation sites (N-methyl/N-ethyl adjacent to an activating group) is 1. The number of anilines is 1. The number of carbonyl (C=O) groups is 3. The summed E-state index contributed by atoms with van der Waals surface area (Å²) in [5, 5.41) is 10.9. The van der Waals surface area contributed by atoms with Crippen molar-refractivity contribution in [1.82, 2.24) is 0 Å². The summed E-state index contributed by atoms with van der Waals surface area (Å²) < 4.78 is 5.04. The summed E-state index contributed by atoms with van der Waals surface area (Å²) in [4.78, 5) is 36.8. The molecule has 1 heterocycles. The monoisotopic (exact) mass is 317 g/mol. The average molecular weight is 317 g/mol. The van der Waals surface area contributed by atoms with Crippen molar-refractivity contribution >= 4 is 23.9 Å². The molecular weight excluding hydrogens is 298 g/mol. The lowest BCUT2D eigenvalue weighted by Crippen LogP contribution is -2.42. The zero-order chi connectivity index (χ0) is 17.2. The number of unbranched alkanes of at least 4 members (excludes halogenated alkanes) is 1. The Hall–Kier alpha value is -2.47. The topological polar surface area (TPSA) is 83.9 Å². The van der Waals surface area contributed by atoms with Crippen LogP contribution in [0.2, 0.25) is 0 Å². The van der Waals surface area contributed by atoms with Crippen molar-refractivity contribution in [2.24, 2.45) is 0 Å². The predicted octanol–water partition coefficient (Wildman–Crippen LogP) is 1.56. The molecule has 1 N–H and O–H groups in total. The van der Waals surface area contributed by atoms with Crippen molar-refractivity contribution in [1.29, 1.82) is 0 Å². The fourth-order valence-electron chi connectivity index (χ4n) is 2.51. The highest BCUT2D eigenvalue weighted by Crippen LogP contribution is 2.44. The van der Waals surface area contributed by atoms with Gasteiger partial charge in [0.15, 0.2) is 0 Å². The molecular formula is C17H19NO5. The van der Waals surface area contributed by atoms with E-state index in [-0.39, 0.29) is 23.3 Å². The maximum absolute atomic E-state index is 12.5. The molecule has 1 aliphatic heterocycles. The van der Waals surface area contributed by atoms with Gasteiger partial charge in [-0.15, -0.1) is 0 Å². The van der Waals surface area contributed by atoms with Gasteiger partial charge in [-0.3, -0.25) is 9.59 Å². The second-order valence-electron chi connectivity index (χ2n) is 5.44. The molecule has 0 fully saturated rings. The Labute approximate surface area is 134 Å². The summed E-state index contributed by atoms with van der Waals surface area (Å²) >= 11 is 0. The molecule has 0 spiro atoms. The van der Waals surface area contributed by atoms with Gasteiger partial charge in [0.05, 0.1) is 17.9 Å². The molecule has 0 saturated carbocycles. The maximum Gasteiger partial charge on any atom is 0.337 e. The third-order valence-electron chi connectivity index (χ3n) is 3.94. The van der Waals surface area contributed by atoms with Gasteiger partial charge in [-0.2, -0.15) is 0 Å². The van der Waals surface area contributed by atoms with Crippen LogP contribution in [0.25, 0.3) is 0 Å². The highest BCUT2D eigenvalue weighted by atomic mass is 16.5. The van der Waals surface area contributed by atoms with E-state index in [4.69, 9.17) is 4.74 Å². The number of esters is 1. The lowest BCUT2D eigenvalue weighted by atomic mass is 9.87. The van der Waals surface area contributed by atoms with Crippen LogP contribution in [0, 0.1) is 0 Å². The third kappa shape index (κ3) is 2.66.